The summed E-state index contributed by atoms with van der Waals surface area (Å²) in [6.45, 7) is 4.42. The van der Waals surface area contributed by atoms with Crippen LogP contribution in [0.5, 0.6) is 0 Å². The first-order valence-electron chi connectivity index (χ1n) is 5.71. The molecule has 0 heterocycles. The third kappa shape index (κ3) is 7.30. The van der Waals surface area contributed by atoms with Crippen molar-refractivity contribution in [1.29, 1.82) is 0 Å². The summed E-state index contributed by atoms with van der Waals surface area (Å²) in [5, 5.41) is 2.59. The molecule has 102 valence electrons. The van der Waals surface area contributed by atoms with Crippen LogP contribution in [-0.2, 0) is 14.8 Å². The van der Waals surface area contributed by atoms with E-state index in [1.165, 1.54) is 7.05 Å². The summed E-state index contributed by atoms with van der Waals surface area (Å²) in [4.78, 5) is 11.7. The van der Waals surface area contributed by atoms with Crippen molar-refractivity contribution < 1.29 is 13.2 Å². The number of nitrogens with two attached hydrogens (primary N) is 1. The number of hydrogen-bond donors (Lipinski definition) is 3. The summed E-state index contributed by atoms with van der Waals surface area (Å²) >= 11 is 0. The van der Waals surface area contributed by atoms with E-state index >= 15 is 0 Å². The molecule has 4 N–H and O–H groups in total. The van der Waals surface area contributed by atoms with Gasteiger partial charge < -0.3 is 11.1 Å². The molecule has 0 aliphatic carbocycles. The van der Waals surface area contributed by atoms with Crippen molar-refractivity contribution in [3.05, 3.63) is 0 Å². The van der Waals surface area contributed by atoms with Crippen LogP contribution in [0.25, 0.3) is 0 Å². The molecule has 1 unspecified atom stereocenters. The van der Waals surface area contributed by atoms with Gasteiger partial charge in [0.25, 0.3) is 0 Å². The molecule has 0 aliphatic heterocycles. The van der Waals surface area contributed by atoms with Crippen LogP contribution in [0.3, 0.4) is 0 Å². The molecule has 0 aromatic rings. The van der Waals surface area contributed by atoms with Crippen LogP contribution < -0.4 is 15.8 Å². The van der Waals surface area contributed by atoms with Crippen LogP contribution in [-0.4, -0.2) is 40.2 Å². The number of carbonyl (C=O) groups excluding carboxylic acids is 1. The average Bonchev–Trinajstić information content (AvgIpc) is 2.25. The summed E-state index contributed by atoms with van der Waals surface area (Å²) in [7, 11) is -1.92. The molecular weight excluding hydrogens is 242 g/mol. The molecule has 0 saturated carbocycles. The third-order valence-electron chi connectivity index (χ3n) is 2.39. The molecule has 6 nitrogen and oxygen atoms in total. The number of nitrogens with one attached hydrogen (secondary N) is 2. The van der Waals surface area contributed by atoms with Gasteiger partial charge in [-0.3, -0.25) is 4.79 Å². The second kappa shape index (κ2) is 7.62. The molecule has 0 aliphatic rings. The van der Waals surface area contributed by atoms with Crippen molar-refractivity contribution in [3.63, 3.8) is 0 Å². The van der Waals surface area contributed by atoms with Gasteiger partial charge in [-0.1, -0.05) is 13.8 Å². The number of sulfonamides is 1. The lowest BCUT2D eigenvalue weighted by molar-refractivity contribution is -0.125. The lowest BCUT2D eigenvalue weighted by atomic mass is 9.96. The van der Waals surface area contributed by atoms with E-state index < -0.39 is 10.0 Å². The van der Waals surface area contributed by atoms with E-state index in [9.17, 15) is 13.2 Å². The van der Waals surface area contributed by atoms with Crippen molar-refractivity contribution in [1.82, 2.24) is 10.0 Å². The van der Waals surface area contributed by atoms with Crippen molar-refractivity contribution in [2.75, 3.05) is 25.9 Å². The van der Waals surface area contributed by atoms with Crippen molar-refractivity contribution in [3.8, 4) is 0 Å². The first kappa shape index (κ1) is 16.3. The average molecular weight is 265 g/mol. The summed E-state index contributed by atoms with van der Waals surface area (Å²) in [6, 6.07) is 0. The third-order valence-corrected chi connectivity index (χ3v) is 3.76. The van der Waals surface area contributed by atoms with Crippen LogP contribution in [0, 0.1) is 11.8 Å². The van der Waals surface area contributed by atoms with Crippen molar-refractivity contribution in [2.24, 2.45) is 17.6 Å². The number of carbonyl (C=O) groups is 1. The topological polar surface area (TPSA) is 101 Å². The molecule has 0 radical (unpaired) electrons. The van der Waals surface area contributed by atoms with E-state index in [0.717, 1.165) is 0 Å². The fourth-order valence-corrected chi connectivity index (χ4v) is 2.01. The van der Waals surface area contributed by atoms with Crippen LogP contribution in [0.15, 0.2) is 0 Å². The van der Waals surface area contributed by atoms with Crippen molar-refractivity contribution in [2.45, 2.75) is 20.3 Å². The Morgan fingerprint density at radius 1 is 1.35 bits per heavy atom. The van der Waals surface area contributed by atoms with Gasteiger partial charge in [-0.25, -0.2) is 13.1 Å². The van der Waals surface area contributed by atoms with Gasteiger partial charge in [0.2, 0.25) is 15.9 Å². The highest BCUT2D eigenvalue weighted by atomic mass is 32.2. The molecule has 0 bridgehead atoms. The maximum Gasteiger partial charge on any atom is 0.224 e. The lowest BCUT2D eigenvalue weighted by Gasteiger charge is -2.16. The molecule has 1 atom stereocenters. The Morgan fingerprint density at radius 3 is 2.35 bits per heavy atom. The molecule has 0 aromatic heterocycles. The Labute approximate surface area is 103 Å². The highest BCUT2D eigenvalue weighted by Crippen LogP contribution is 2.10. The summed E-state index contributed by atoms with van der Waals surface area (Å²) < 4.78 is 24.4. The summed E-state index contributed by atoms with van der Waals surface area (Å²) in [5.41, 5.74) is 5.51. The Kier molecular flexibility index (Phi) is 7.33. The monoisotopic (exact) mass is 265 g/mol. The van der Waals surface area contributed by atoms with Crippen LogP contribution in [0.4, 0.5) is 0 Å². The van der Waals surface area contributed by atoms with Crippen LogP contribution >= 0.6 is 0 Å². The second-order valence-electron chi connectivity index (χ2n) is 4.38. The van der Waals surface area contributed by atoms with Gasteiger partial charge in [-0.15, -0.1) is 0 Å². The predicted octanol–water partition coefficient (Wildman–Crippen LogP) is -0.727. The van der Waals surface area contributed by atoms with Gasteiger partial charge >= 0.3 is 0 Å². The van der Waals surface area contributed by atoms with E-state index in [1.807, 2.05) is 13.8 Å². The lowest BCUT2D eigenvalue weighted by Crippen LogP contribution is -2.39. The molecule has 0 saturated heterocycles. The van der Waals surface area contributed by atoms with E-state index in [-0.39, 0.29) is 30.7 Å². The highest BCUT2D eigenvalue weighted by molar-refractivity contribution is 7.89. The number of hydrogen-bond acceptors (Lipinski definition) is 4. The van der Waals surface area contributed by atoms with E-state index in [2.05, 4.69) is 10.0 Å². The Balaban J connectivity index is 4.08. The first-order valence-corrected chi connectivity index (χ1v) is 7.36. The first-order chi connectivity index (χ1) is 7.82. The van der Waals surface area contributed by atoms with E-state index in [0.29, 0.717) is 12.3 Å². The minimum atomic E-state index is -3.27. The molecular formula is C10H23N3O3S. The molecule has 7 heteroatoms. The van der Waals surface area contributed by atoms with E-state index in [1.54, 1.807) is 0 Å². The number of amides is 1. The minimum absolute atomic E-state index is 0.108. The van der Waals surface area contributed by atoms with E-state index in [4.69, 9.17) is 5.73 Å². The van der Waals surface area contributed by atoms with Gasteiger partial charge in [-0.2, -0.15) is 0 Å². The predicted molar refractivity (Wildman–Crippen MR) is 67.9 cm³/mol. The summed E-state index contributed by atoms with van der Waals surface area (Å²) in [5.74, 6) is -0.149. The van der Waals surface area contributed by atoms with Crippen LogP contribution in [0.1, 0.15) is 20.3 Å². The minimum Gasteiger partial charge on any atom is -0.355 e. The standard InChI is InChI=1S/C10H23N3O3S/c1-8(2)6-9(7-11)10(14)13-4-5-17(15,16)12-3/h8-9,12H,4-7,11H2,1-3H3,(H,13,14). The molecule has 0 rings (SSSR count). The molecule has 1 amide bonds. The largest absolute Gasteiger partial charge is 0.355 e. The zero-order chi connectivity index (χ0) is 13.5. The fraction of sp³-hybridized carbons (Fsp3) is 0.900. The summed E-state index contributed by atoms with van der Waals surface area (Å²) in [6.07, 6.45) is 0.709. The van der Waals surface area contributed by atoms with Gasteiger partial charge in [0.05, 0.1) is 11.7 Å². The number of rotatable bonds is 8. The van der Waals surface area contributed by atoms with Gasteiger partial charge in [0.15, 0.2) is 0 Å². The second-order valence-corrected chi connectivity index (χ2v) is 6.42. The fourth-order valence-electron chi connectivity index (χ4n) is 1.43. The van der Waals surface area contributed by atoms with Crippen molar-refractivity contribution >= 4 is 15.9 Å². The Morgan fingerprint density at radius 2 is 1.94 bits per heavy atom. The maximum absolute atomic E-state index is 11.7. The normalized spacial score (nSPS) is 13.7. The highest BCUT2D eigenvalue weighted by Gasteiger charge is 2.18. The van der Waals surface area contributed by atoms with Gasteiger partial charge in [0, 0.05) is 13.1 Å². The zero-order valence-corrected chi connectivity index (χ0v) is 11.5. The van der Waals surface area contributed by atoms with Gasteiger partial charge in [0.1, 0.15) is 0 Å². The molecule has 17 heavy (non-hydrogen) atoms. The van der Waals surface area contributed by atoms with Gasteiger partial charge in [-0.05, 0) is 19.4 Å². The quantitative estimate of drug-likeness (QED) is 0.538. The molecule has 0 fully saturated rings. The zero-order valence-electron chi connectivity index (χ0n) is 10.7. The Bertz CT molecular complexity index is 328. The SMILES string of the molecule is CNS(=O)(=O)CCNC(=O)C(CN)CC(C)C. The molecule has 0 spiro atoms. The maximum atomic E-state index is 11.7. The smallest absolute Gasteiger partial charge is 0.224 e. The Hall–Kier alpha value is -0.660. The van der Waals surface area contributed by atoms with Crippen LogP contribution in [0.2, 0.25) is 0 Å². The molecule has 0 aromatic carbocycles.